The van der Waals surface area contributed by atoms with E-state index in [2.05, 4.69) is 5.32 Å². The molecule has 2 amide bonds. The van der Waals surface area contributed by atoms with E-state index in [4.69, 9.17) is 4.74 Å². The van der Waals surface area contributed by atoms with Crippen LogP contribution in [0.5, 0.6) is 0 Å². The van der Waals surface area contributed by atoms with Crippen molar-refractivity contribution in [2.45, 2.75) is 12.8 Å². The molecule has 5 nitrogen and oxygen atoms in total. The molecular formula is C20H24N2O3. The van der Waals surface area contributed by atoms with E-state index in [1.807, 2.05) is 60.7 Å². The number of hydrogen-bond donors (Lipinski definition) is 2. The fourth-order valence-electron chi connectivity index (χ4n) is 3.19. The molecule has 0 aliphatic carbocycles. The summed E-state index contributed by atoms with van der Waals surface area (Å²) < 4.78 is 5.50. The fourth-order valence-corrected chi connectivity index (χ4v) is 3.19. The van der Waals surface area contributed by atoms with Crippen molar-refractivity contribution in [3.63, 3.8) is 0 Å². The van der Waals surface area contributed by atoms with E-state index < -0.39 is 0 Å². The summed E-state index contributed by atoms with van der Waals surface area (Å²) in [6.07, 6.45) is 1.48. The number of anilines is 2. The Bertz CT molecular complexity index is 630. The van der Waals surface area contributed by atoms with E-state index in [0.29, 0.717) is 26.2 Å². The van der Waals surface area contributed by atoms with Crippen LogP contribution in [-0.4, -0.2) is 37.5 Å². The Morgan fingerprint density at radius 1 is 1.08 bits per heavy atom. The molecule has 0 bridgehead atoms. The summed E-state index contributed by atoms with van der Waals surface area (Å²) in [7, 11) is 0. The molecule has 5 heteroatoms. The topological polar surface area (TPSA) is 61.8 Å². The molecule has 0 saturated carbocycles. The zero-order valence-electron chi connectivity index (χ0n) is 14.2. The van der Waals surface area contributed by atoms with Gasteiger partial charge in [0, 0.05) is 25.2 Å². The summed E-state index contributed by atoms with van der Waals surface area (Å²) in [5.41, 5.74) is 1.44. The molecule has 0 aromatic heterocycles. The van der Waals surface area contributed by atoms with Crippen molar-refractivity contribution in [1.82, 2.24) is 5.32 Å². The van der Waals surface area contributed by atoms with E-state index in [0.717, 1.165) is 17.8 Å². The summed E-state index contributed by atoms with van der Waals surface area (Å²) in [5.74, 6) is 0. The Morgan fingerprint density at radius 3 is 2.16 bits per heavy atom. The lowest BCUT2D eigenvalue weighted by Gasteiger charge is -2.29. The van der Waals surface area contributed by atoms with E-state index in [1.54, 1.807) is 4.90 Å². The van der Waals surface area contributed by atoms with Gasteiger partial charge in [0.2, 0.25) is 0 Å². The SMILES string of the molecule is O=C(NCC1(CCO)CCOC1)N(c1ccccc1)c1ccccc1. The lowest BCUT2D eigenvalue weighted by molar-refractivity contribution is 0.125. The first-order chi connectivity index (χ1) is 12.2. The van der Waals surface area contributed by atoms with Crippen molar-refractivity contribution in [1.29, 1.82) is 0 Å². The second-order valence-electron chi connectivity index (χ2n) is 6.44. The second kappa shape index (κ2) is 8.14. The lowest BCUT2D eigenvalue weighted by atomic mass is 9.84. The Hall–Kier alpha value is -2.37. The van der Waals surface area contributed by atoms with Crippen LogP contribution >= 0.6 is 0 Å². The number of carbonyl (C=O) groups is 1. The van der Waals surface area contributed by atoms with Crippen LogP contribution < -0.4 is 10.2 Å². The minimum absolute atomic E-state index is 0.0975. The van der Waals surface area contributed by atoms with Gasteiger partial charge in [-0.2, -0.15) is 0 Å². The Labute approximate surface area is 148 Å². The van der Waals surface area contributed by atoms with Crippen molar-refractivity contribution < 1.29 is 14.6 Å². The van der Waals surface area contributed by atoms with Gasteiger partial charge in [0.25, 0.3) is 0 Å². The molecular weight excluding hydrogens is 316 g/mol. The average Bonchev–Trinajstić information content (AvgIpc) is 3.11. The molecule has 0 radical (unpaired) electrons. The van der Waals surface area contributed by atoms with Crippen LogP contribution in [0.2, 0.25) is 0 Å². The second-order valence-corrected chi connectivity index (χ2v) is 6.44. The number of rotatable bonds is 6. The van der Waals surface area contributed by atoms with Crippen LogP contribution in [0.3, 0.4) is 0 Å². The third-order valence-corrected chi connectivity index (χ3v) is 4.67. The molecule has 1 atom stereocenters. The Morgan fingerprint density at radius 2 is 1.68 bits per heavy atom. The summed E-state index contributed by atoms with van der Waals surface area (Å²) in [5, 5.41) is 12.4. The number of amides is 2. The number of aliphatic hydroxyl groups excluding tert-OH is 1. The van der Waals surface area contributed by atoms with Gasteiger partial charge in [-0.15, -0.1) is 0 Å². The van der Waals surface area contributed by atoms with E-state index in [9.17, 15) is 9.90 Å². The highest BCUT2D eigenvalue weighted by molar-refractivity contribution is 5.99. The van der Waals surface area contributed by atoms with Gasteiger partial charge < -0.3 is 15.2 Å². The Balaban J connectivity index is 1.78. The zero-order valence-corrected chi connectivity index (χ0v) is 14.2. The average molecular weight is 340 g/mol. The monoisotopic (exact) mass is 340 g/mol. The van der Waals surface area contributed by atoms with Crippen LogP contribution in [-0.2, 0) is 4.74 Å². The summed E-state index contributed by atoms with van der Waals surface area (Å²) in [6, 6.07) is 19.0. The molecule has 1 aliphatic rings. The van der Waals surface area contributed by atoms with Crippen molar-refractivity contribution in [3.8, 4) is 0 Å². The molecule has 1 fully saturated rings. The fraction of sp³-hybridized carbons (Fsp3) is 0.350. The number of para-hydroxylation sites is 2. The number of nitrogens with zero attached hydrogens (tertiary/aromatic N) is 1. The third kappa shape index (κ3) is 4.18. The molecule has 2 aromatic rings. The van der Waals surface area contributed by atoms with Crippen LogP contribution in [0, 0.1) is 5.41 Å². The van der Waals surface area contributed by atoms with Gasteiger partial charge >= 0.3 is 6.03 Å². The maximum absolute atomic E-state index is 13.0. The number of urea groups is 1. The molecule has 1 saturated heterocycles. The first kappa shape index (κ1) is 17.5. The van der Waals surface area contributed by atoms with Gasteiger partial charge in [0.15, 0.2) is 0 Å². The first-order valence-corrected chi connectivity index (χ1v) is 8.61. The van der Waals surface area contributed by atoms with Gasteiger partial charge in [0.1, 0.15) is 0 Å². The summed E-state index contributed by atoms with van der Waals surface area (Å²) in [6.45, 7) is 1.84. The molecule has 2 aromatic carbocycles. The van der Waals surface area contributed by atoms with Crippen molar-refractivity contribution >= 4 is 17.4 Å². The number of benzene rings is 2. The quantitative estimate of drug-likeness (QED) is 0.848. The highest BCUT2D eigenvalue weighted by Crippen LogP contribution is 2.32. The molecule has 2 N–H and O–H groups in total. The predicted octanol–water partition coefficient (Wildman–Crippen LogP) is 3.32. The molecule has 1 aliphatic heterocycles. The van der Waals surface area contributed by atoms with Gasteiger partial charge in [0.05, 0.1) is 18.0 Å². The van der Waals surface area contributed by atoms with Crippen molar-refractivity contribution in [3.05, 3.63) is 60.7 Å². The minimum atomic E-state index is -0.179. The number of aliphatic hydroxyl groups is 1. The van der Waals surface area contributed by atoms with Gasteiger partial charge in [-0.05, 0) is 37.1 Å². The first-order valence-electron chi connectivity index (χ1n) is 8.61. The van der Waals surface area contributed by atoms with Gasteiger partial charge in [-0.3, -0.25) is 4.90 Å². The largest absolute Gasteiger partial charge is 0.396 e. The smallest absolute Gasteiger partial charge is 0.326 e. The van der Waals surface area contributed by atoms with Gasteiger partial charge in [-0.1, -0.05) is 36.4 Å². The van der Waals surface area contributed by atoms with E-state index in [-0.39, 0.29) is 18.1 Å². The normalized spacial score (nSPS) is 19.6. The Kier molecular flexibility index (Phi) is 5.68. The third-order valence-electron chi connectivity index (χ3n) is 4.67. The summed E-state index contributed by atoms with van der Waals surface area (Å²) >= 11 is 0. The highest BCUT2D eigenvalue weighted by Gasteiger charge is 2.35. The molecule has 132 valence electrons. The predicted molar refractivity (Wildman–Crippen MR) is 98.0 cm³/mol. The minimum Gasteiger partial charge on any atom is -0.396 e. The lowest BCUT2D eigenvalue weighted by Crippen LogP contribution is -2.44. The zero-order chi connectivity index (χ0) is 17.5. The van der Waals surface area contributed by atoms with Crippen LogP contribution in [0.4, 0.5) is 16.2 Å². The number of nitrogens with one attached hydrogen (secondary N) is 1. The molecule has 1 unspecified atom stereocenters. The molecule has 0 spiro atoms. The maximum Gasteiger partial charge on any atom is 0.326 e. The van der Waals surface area contributed by atoms with Crippen LogP contribution in [0.1, 0.15) is 12.8 Å². The van der Waals surface area contributed by atoms with Crippen LogP contribution in [0.15, 0.2) is 60.7 Å². The van der Waals surface area contributed by atoms with Crippen LogP contribution in [0.25, 0.3) is 0 Å². The van der Waals surface area contributed by atoms with E-state index >= 15 is 0 Å². The highest BCUT2D eigenvalue weighted by atomic mass is 16.5. The number of carbonyl (C=O) groups excluding carboxylic acids is 1. The van der Waals surface area contributed by atoms with Crippen molar-refractivity contribution in [2.75, 3.05) is 31.3 Å². The van der Waals surface area contributed by atoms with Gasteiger partial charge in [-0.25, -0.2) is 4.79 Å². The van der Waals surface area contributed by atoms with E-state index in [1.165, 1.54) is 0 Å². The number of hydrogen-bond acceptors (Lipinski definition) is 3. The van der Waals surface area contributed by atoms with Crippen molar-refractivity contribution in [2.24, 2.45) is 5.41 Å². The number of ether oxygens (including phenoxy) is 1. The summed E-state index contributed by atoms with van der Waals surface area (Å²) in [4.78, 5) is 14.6. The maximum atomic E-state index is 13.0. The molecule has 1 heterocycles. The molecule has 25 heavy (non-hydrogen) atoms. The standard InChI is InChI=1S/C20H24N2O3/c23-13-11-20(12-14-25-16-20)15-21-19(24)22(17-7-3-1-4-8-17)18-9-5-2-6-10-18/h1-10,23H,11-16H2,(H,21,24). The molecule has 3 rings (SSSR count).